The number of nitrogens with one attached hydrogen (secondary N) is 1. The smallest absolute Gasteiger partial charge is 0.279 e. The number of likely N-dealkylation sites (N-methyl/N-ethyl adjacent to an activating group) is 1. The lowest BCUT2D eigenvalue weighted by molar-refractivity contribution is 0.268. The Balaban J connectivity index is 2.63. The van der Waals surface area contributed by atoms with Crippen LogP contribution in [0.2, 0.25) is 0 Å². The first-order chi connectivity index (χ1) is 9.74. The van der Waals surface area contributed by atoms with Crippen molar-refractivity contribution in [3.8, 4) is 0 Å². The molecule has 0 saturated carbocycles. The highest BCUT2D eigenvalue weighted by atomic mass is 32.2. The fraction of sp³-hybridized carbons (Fsp3) is 1.00. The molecular weight excluding hydrogens is 288 g/mol. The van der Waals surface area contributed by atoms with Crippen molar-refractivity contribution in [3.63, 3.8) is 0 Å². The van der Waals surface area contributed by atoms with Gasteiger partial charge in [0.1, 0.15) is 0 Å². The molecule has 126 valence electrons. The molecule has 0 radical (unpaired) electrons. The fourth-order valence-corrected chi connectivity index (χ4v) is 4.27. The van der Waals surface area contributed by atoms with E-state index in [4.69, 9.17) is 5.73 Å². The summed E-state index contributed by atoms with van der Waals surface area (Å²) in [7, 11) is 0.544. The van der Waals surface area contributed by atoms with Crippen LogP contribution in [0.4, 0.5) is 0 Å². The van der Waals surface area contributed by atoms with E-state index in [2.05, 4.69) is 18.6 Å². The van der Waals surface area contributed by atoms with Gasteiger partial charge >= 0.3 is 0 Å². The molecule has 0 aromatic carbocycles. The number of hydrogen-bond donors (Lipinski definition) is 2. The van der Waals surface area contributed by atoms with Crippen LogP contribution in [0, 0.1) is 11.8 Å². The van der Waals surface area contributed by atoms with Gasteiger partial charge in [0.05, 0.1) is 0 Å². The first-order valence-corrected chi connectivity index (χ1v) is 9.30. The Kier molecular flexibility index (Phi) is 7.56. The van der Waals surface area contributed by atoms with E-state index in [9.17, 15) is 8.42 Å². The summed E-state index contributed by atoms with van der Waals surface area (Å²) >= 11 is 0. The Morgan fingerprint density at radius 3 is 2.29 bits per heavy atom. The lowest BCUT2D eigenvalue weighted by Crippen LogP contribution is -2.51. The van der Waals surface area contributed by atoms with Crippen molar-refractivity contribution in [2.75, 3.05) is 40.3 Å². The van der Waals surface area contributed by atoms with Crippen LogP contribution >= 0.6 is 0 Å². The molecule has 1 aliphatic heterocycles. The molecule has 1 fully saturated rings. The second kappa shape index (κ2) is 8.43. The SMILES string of the molecule is CC(C)CC(CN(C)C)NS(=O)(=O)N1CCC(CN)CC1. The fourth-order valence-electron chi connectivity index (χ4n) is 2.84. The summed E-state index contributed by atoms with van der Waals surface area (Å²) in [6.45, 7) is 6.75. The highest BCUT2D eigenvalue weighted by Gasteiger charge is 2.29. The van der Waals surface area contributed by atoms with Crippen LogP contribution in [0.3, 0.4) is 0 Å². The Hall–Kier alpha value is -0.210. The molecule has 0 aliphatic carbocycles. The van der Waals surface area contributed by atoms with Crippen molar-refractivity contribution in [2.24, 2.45) is 17.6 Å². The zero-order valence-electron chi connectivity index (χ0n) is 13.9. The summed E-state index contributed by atoms with van der Waals surface area (Å²) in [5.41, 5.74) is 5.66. The number of nitrogens with two attached hydrogens (primary N) is 1. The maximum absolute atomic E-state index is 12.5. The number of nitrogens with zero attached hydrogens (tertiary/aromatic N) is 2. The third-order valence-corrected chi connectivity index (χ3v) is 5.58. The summed E-state index contributed by atoms with van der Waals surface area (Å²) in [5, 5.41) is 0. The van der Waals surface area contributed by atoms with E-state index >= 15 is 0 Å². The quantitative estimate of drug-likeness (QED) is 0.681. The first kappa shape index (κ1) is 18.8. The zero-order chi connectivity index (χ0) is 16.0. The Morgan fingerprint density at radius 1 is 1.29 bits per heavy atom. The third kappa shape index (κ3) is 6.61. The van der Waals surface area contributed by atoms with E-state index in [1.165, 1.54) is 0 Å². The minimum absolute atomic E-state index is 0.0442. The monoisotopic (exact) mass is 320 g/mol. The van der Waals surface area contributed by atoms with Crippen LogP contribution in [0.15, 0.2) is 0 Å². The van der Waals surface area contributed by atoms with E-state index in [0.717, 1.165) is 25.8 Å². The van der Waals surface area contributed by atoms with Crippen molar-refractivity contribution < 1.29 is 8.42 Å². The number of rotatable bonds is 8. The molecule has 0 aromatic rings. The van der Waals surface area contributed by atoms with Gasteiger partial charge in [-0.2, -0.15) is 17.4 Å². The normalized spacial score (nSPS) is 20.3. The van der Waals surface area contributed by atoms with E-state index in [1.54, 1.807) is 4.31 Å². The van der Waals surface area contributed by atoms with Crippen molar-refractivity contribution in [3.05, 3.63) is 0 Å². The minimum atomic E-state index is -3.39. The molecule has 1 unspecified atom stereocenters. The van der Waals surface area contributed by atoms with Gasteiger partial charge in [0.2, 0.25) is 0 Å². The minimum Gasteiger partial charge on any atom is -0.330 e. The van der Waals surface area contributed by atoms with Gasteiger partial charge < -0.3 is 10.6 Å². The molecule has 3 N–H and O–H groups in total. The number of piperidine rings is 1. The maximum atomic E-state index is 12.5. The van der Waals surface area contributed by atoms with Gasteiger partial charge in [-0.1, -0.05) is 13.8 Å². The van der Waals surface area contributed by atoms with Crippen LogP contribution in [0.25, 0.3) is 0 Å². The van der Waals surface area contributed by atoms with Crippen molar-refractivity contribution in [1.29, 1.82) is 0 Å². The molecule has 1 aliphatic rings. The Morgan fingerprint density at radius 2 is 1.86 bits per heavy atom. The van der Waals surface area contributed by atoms with Crippen LogP contribution in [-0.2, 0) is 10.2 Å². The topological polar surface area (TPSA) is 78.7 Å². The third-order valence-electron chi connectivity index (χ3n) is 3.90. The standard InChI is InChI=1S/C14H32N4O2S/c1-12(2)9-14(11-17(3)4)16-21(19,20)18-7-5-13(10-15)6-8-18/h12-14,16H,5-11,15H2,1-4H3. The van der Waals surface area contributed by atoms with Crippen LogP contribution in [0.5, 0.6) is 0 Å². The van der Waals surface area contributed by atoms with Crippen LogP contribution in [-0.4, -0.2) is 63.9 Å². The van der Waals surface area contributed by atoms with Crippen molar-refractivity contribution in [2.45, 2.75) is 39.2 Å². The summed E-state index contributed by atoms with van der Waals surface area (Å²) < 4.78 is 29.5. The molecule has 21 heavy (non-hydrogen) atoms. The average molecular weight is 321 g/mol. The number of hydrogen-bond acceptors (Lipinski definition) is 4. The second-order valence-electron chi connectivity index (χ2n) is 6.79. The first-order valence-electron chi connectivity index (χ1n) is 7.86. The Bertz CT molecular complexity index is 380. The summed E-state index contributed by atoms with van der Waals surface area (Å²) in [4.78, 5) is 2.02. The molecule has 0 amide bonds. The Labute approximate surface area is 130 Å². The molecule has 0 aromatic heterocycles. The lowest BCUT2D eigenvalue weighted by atomic mass is 9.99. The molecule has 0 bridgehead atoms. The van der Waals surface area contributed by atoms with Crippen molar-refractivity contribution in [1.82, 2.24) is 13.9 Å². The predicted octanol–water partition coefficient (Wildman–Crippen LogP) is 0.468. The molecule has 0 spiro atoms. The van der Waals surface area contributed by atoms with Gasteiger partial charge in [-0.3, -0.25) is 0 Å². The van der Waals surface area contributed by atoms with Gasteiger partial charge in [0.25, 0.3) is 10.2 Å². The highest BCUT2D eigenvalue weighted by Crippen LogP contribution is 2.18. The van der Waals surface area contributed by atoms with Gasteiger partial charge in [-0.05, 0) is 51.7 Å². The van der Waals surface area contributed by atoms with Gasteiger partial charge in [0.15, 0.2) is 0 Å². The van der Waals surface area contributed by atoms with Crippen LogP contribution in [0.1, 0.15) is 33.1 Å². The summed E-state index contributed by atoms with van der Waals surface area (Å²) in [6.07, 6.45) is 2.57. The largest absolute Gasteiger partial charge is 0.330 e. The average Bonchev–Trinajstić information content (AvgIpc) is 2.36. The lowest BCUT2D eigenvalue weighted by Gasteiger charge is -2.32. The molecular formula is C14H32N4O2S. The summed E-state index contributed by atoms with van der Waals surface area (Å²) in [6, 6.07) is -0.0442. The van der Waals surface area contributed by atoms with E-state index in [1.807, 2.05) is 19.0 Å². The molecule has 1 atom stereocenters. The molecule has 1 rings (SSSR count). The summed E-state index contributed by atoms with van der Waals surface area (Å²) in [5.74, 6) is 0.922. The highest BCUT2D eigenvalue weighted by molar-refractivity contribution is 7.87. The van der Waals surface area contributed by atoms with E-state index < -0.39 is 10.2 Å². The molecule has 1 heterocycles. The van der Waals surface area contributed by atoms with Gasteiger partial charge in [0, 0.05) is 25.7 Å². The molecule has 6 nitrogen and oxygen atoms in total. The molecule has 7 heteroatoms. The maximum Gasteiger partial charge on any atom is 0.279 e. The van der Waals surface area contributed by atoms with Gasteiger partial charge in [-0.15, -0.1) is 0 Å². The van der Waals surface area contributed by atoms with Crippen molar-refractivity contribution >= 4 is 10.2 Å². The predicted molar refractivity (Wildman–Crippen MR) is 87.2 cm³/mol. The van der Waals surface area contributed by atoms with Gasteiger partial charge in [-0.25, -0.2) is 0 Å². The van der Waals surface area contributed by atoms with E-state index in [0.29, 0.717) is 31.5 Å². The second-order valence-corrected chi connectivity index (χ2v) is 8.49. The zero-order valence-corrected chi connectivity index (χ0v) is 14.7. The van der Waals surface area contributed by atoms with Crippen LogP contribution < -0.4 is 10.5 Å². The molecule has 1 saturated heterocycles. The van der Waals surface area contributed by atoms with E-state index in [-0.39, 0.29) is 6.04 Å².